The van der Waals surface area contributed by atoms with Crippen molar-refractivity contribution < 1.29 is 9.13 Å². The Balaban J connectivity index is 2.18. The standard InChI is InChI=1S/C13H16FN3O/c1-9(15)11-4-3-10(14)7-12(11)18-8-13-16-5-6-17(13)2/h3-7,9H,8,15H2,1-2H3/t9-/m0/s1. The van der Waals surface area contributed by atoms with E-state index in [-0.39, 0.29) is 18.5 Å². The molecular formula is C13H16FN3O. The highest BCUT2D eigenvalue weighted by molar-refractivity contribution is 5.36. The Bertz CT molecular complexity index is 537. The Morgan fingerprint density at radius 1 is 1.50 bits per heavy atom. The zero-order valence-corrected chi connectivity index (χ0v) is 10.4. The number of halogens is 1. The topological polar surface area (TPSA) is 53.1 Å². The molecule has 18 heavy (non-hydrogen) atoms. The Morgan fingerprint density at radius 3 is 2.89 bits per heavy atom. The minimum absolute atomic E-state index is 0.207. The SMILES string of the molecule is C[C@H](N)c1ccc(F)cc1OCc1nccn1C. The molecule has 0 unspecified atom stereocenters. The van der Waals surface area contributed by atoms with Gasteiger partial charge in [0.2, 0.25) is 0 Å². The van der Waals surface area contributed by atoms with Gasteiger partial charge in [-0.2, -0.15) is 0 Å². The minimum Gasteiger partial charge on any atom is -0.485 e. The van der Waals surface area contributed by atoms with Crippen LogP contribution >= 0.6 is 0 Å². The number of benzene rings is 1. The van der Waals surface area contributed by atoms with E-state index in [0.717, 1.165) is 11.4 Å². The average Bonchev–Trinajstić information content (AvgIpc) is 2.72. The summed E-state index contributed by atoms with van der Waals surface area (Å²) in [6.45, 7) is 2.12. The molecule has 2 rings (SSSR count). The third-order valence-electron chi connectivity index (χ3n) is 2.74. The molecule has 1 aromatic carbocycles. The van der Waals surface area contributed by atoms with Gasteiger partial charge in [-0.25, -0.2) is 9.37 Å². The lowest BCUT2D eigenvalue weighted by Gasteiger charge is -2.14. The van der Waals surface area contributed by atoms with Crippen LogP contribution in [0.2, 0.25) is 0 Å². The van der Waals surface area contributed by atoms with Gasteiger partial charge in [0.05, 0.1) is 0 Å². The van der Waals surface area contributed by atoms with Gasteiger partial charge in [-0.3, -0.25) is 0 Å². The third kappa shape index (κ3) is 2.68. The van der Waals surface area contributed by atoms with Crippen molar-refractivity contribution in [3.63, 3.8) is 0 Å². The summed E-state index contributed by atoms with van der Waals surface area (Å²) in [7, 11) is 1.88. The summed E-state index contributed by atoms with van der Waals surface area (Å²) < 4.78 is 20.7. The van der Waals surface area contributed by atoms with Gasteiger partial charge in [0.15, 0.2) is 0 Å². The van der Waals surface area contributed by atoms with Crippen LogP contribution in [-0.2, 0) is 13.7 Å². The summed E-state index contributed by atoms with van der Waals surface area (Å²) in [5.74, 6) is 0.900. The molecule has 4 nitrogen and oxygen atoms in total. The molecule has 1 atom stereocenters. The van der Waals surface area contributed by atoms with Crippen molar-refractivity contribution in [2.24, 2.45) is 12.8 Å². The molecule has 5 heteroatoms. The van der Waals surface area contributed by atoms with Crippen molar-refractivity contribution in [2.45, 2.75) is 19.6 Å². The molecule has 0 fully saturated rings. The number of ether oxygens (including phenoxy) is 1. The maximum atomic E-state index is 13.2. The molecule has 0 saturated heterocycles. The van der Waals surface area contributed by atoms with Crippen LogP contribution in [0.1, 0.15) is 24.4 Å². The first-order chi connectivity index (χ1) is 8.58. The quantitative estimate of drug-likeness (QED) is 0.903. The second-order valence-electron chi connectivity index (χ2n) is 4.21. The van der Waals surface area contributed by atoms with Crippen LogP contribution in [0.4, 0.5) is 4.39 Å². The van der Waals surface area contributed by atoms with E-state index in [1.54, 1.807) is 12.3 Å². The molecule has 0 aliphatic heterocycles. The van der Waals surface area contributed by atoms with Gasteiger partial charge < -0.3 is 15.0 Å². The number of rotatable bonds is 4. The zero-order chi connectivity index (χ0) is 13.1. The van der Waals surface area contributed by atoms with E-state index in [0.29, 0.717) is 5.75 Å². The van der Waals surface area contributed by atoms with Crippen LogP contribution in [0, 0.1) is 5.82 Å². The fourth-order valence-corrected chi connectivity index (χ4v) is 1.69. The number of hydrogen-bond donors (Lipinski definition) is 1. The number of imidazole rings is 1. The Kier molecular flexibility index (Phi) is 3.62. The van der Waals surface area contributed by atoms with Crippen LogP contribution in [0.25, 0.3) is 0 Å². The number of hydrogen-bond acceptors (Lipinski definition) is 3. The summed E-state index contributed by atoms with van der Waals surface area (Å²) in [4.78, 5) is 4.14. The van der Waals surface area contributed by atoms with E-state index in [1.165, 1.54) is 12.1 Å². The fraction of sp³-hybridized carbons (Fsp3) is 0.308. The summed E-state index contributed by atoms with van der Waals surface area (Å²) in [5.41, 5.74) is 6.60. The highest BCUT2D eigenvalue weighted by atomic mass is 19.1. The zero-order valence-electron chi connectivity index (χ0n) is 10.4. The molecule has 1 heterocycles. The number of aromatic nitrogens is 2. The van der Waals surface area contributed by atoms with Crippen LogP contribution in [-0.4, -0.2) is 9.55 Å². The fourth-order valence-electron chi connectivity index (χ4n) is 1.69. The predicted molar refractivity (Wildman–Crippen MR) is 66.5 cm³/mol. The van der Waals surface area contributed by atoms with E-state index >= 15 is 0 Å². The van der Waals surface area contributed by atoms with Crippen LogP contribution in [0.3, 0.4) is 0 Å². The normalized spacial score (nSPS) is 12.4. The van der Waals surface area contributed by atoms with Crippen molar-refractivity contribution in [1.82, 2.24) is 9.55 Å². The molecule has 0 aliphatic carbocycles. The third-order valence-corrected chi connectivity index (χ3v) is 2.74. The van der Waals surface area contributed by atoms with Crippen molar-refractivity contribution in [3.8, 4) is 5.75 Å². The van der Waals surface area contributed by atoms with Crippen molar-refractivity contribution >= 4 is 0 Å². The lowest BCUT2D eigenvalue weighted by Crippen LogP contribution is -2.09. The number of nitrogens with two attached hydrogens (primary N) is 1. The molecule has 96 valence electrons. The minimum atomic E-state index is -0.339. The Morgan fingerprint density at radius 2 is 2.28 bits per heavy atom. The van der Waals surface area contributed by atoms with Gasteiger partial charge >= 0.3 is 0 Å². The lowest BCUT2D eigenvalue weighted by molar-refractivity contribution is 0.286. The molecule has 2 N–H and O–H groups in total. The molecule has 0 bridgehead atoms. The Hall–Kier alpha value is -1.88. The van der Waals surface area contributed by atoms with Gasteiger partial charge in [-0.1, -0.05) is 6.07 Å². The summed E-state index contributed by atoms with van der Waals surface area (Å²) in [5, 5.41) is 0. The highest BCUT2D eigenvalue weighted by Crippen LogP contribution is 2.25. The largest absolute Gasteiger partial charge is 0.485 e. The molecule has 0 spiro atoms. The second kappa shape index (κ2) is 5.18. The van der Waals surface area contributed by atoms with Crippen LogP contribution in [0.5, 0.6) is 5.75 Å². The van der Waals surface area contributed by atoms with E-state index in [1.807, 2.05) is 24.7 Å². The molecule has 0 aliphatic rings. The van der Waals surface area contributed by atoms with Gasteiger partial charge in [-0.15, -0.1) is 0 Å². The summed E-state index contributed by atoms with van der Waals surface area (Å²) in [6, 6.07) is 4.17. The lowest BCUT2D eigenvalue weighted by atomic mass is 10.1. The molecule has 0 radical (unpaired) electrons. The highest BCUT2D eigenvalue weighted by Gasteiger charge is 2.10. The first-order valence-corrected chi connectivity index (χ1v) is 5.72. The van der Waals surface area contributed by atoms with Crippen molar-refractivity contribution in [3.05, 3.63) is 47.8 Å². The molecule has 0 saturated carbocycles. The predicted octanol–water partition coefficient (Wildman–Crippen LogP) is 2.16. The van der Waals surface area contributed by atoms with Gasteiger partial charge in [0.25, 0.3) is 0 Å². The second-order valence-corrected chi connectivity index (χ2v) is 4.21. The van der Waals surface area contributed by atoms with E-state index in [9.17, 15) is 4.39 Å². The molecular weight excluding hydrogens is 233 g/mol. The van der Waals surface area contributed by atoms with Gasteiger partial charge in [0, 0.05) is 37.1 Å². The van der Waals surface area contributed by atoms with Crippen molar-refractivity contribution in [2.75, 3.05) is 0 Å². The van der Waals surface area contributed by atoms with Crippen molar-refractivity contribution in [1.29, 1.82) is 0 Å². The van der Waals surface area contributed by atoms with E-state index in [2.05, 4.69) is 4.98 Å². The monoisotopic (exact) mass is 249 g/mol. The first-order valence-electron chi connectivity index (χ1n) is 5.72. The maximum absolute atomic E-state index is 13.2. The smallest absolute Gasteiger partial charge is 0.146 e. The maximum Gasteiger partial charge on any atom is 0.146 e. The van der Waals surface area contributed by atoms with E-state index in [4.69, 9.17) is 10.5 Å². The summed E-state index contributed by atoms with van der Waals surface area (Å²) >= 11 is 0. The average molecular weight is 249 g/mol. The number of aryl methyl sites for hydroxylation is 1. The van der Waals surface area contributed by atoms with E-state index < -0.39 is 0 Å². The molecule has 1 aromatic heterocycles. The first kappa shape index (κ1) is 12.6. The molecule has 2 aromatic rings. The number of nitrogens with zero attached hydrogens (tertiary/aromatic N) is 2. The molecule has 0 amide bonds. The Labute approximate surface area is 105 Å². The van der Waals surface area contributed by atoms with Crippen LogP contribution < -0.4 is 10.5 Å². The summed E-state index contributed by atoms with van der Waals surface area (Å²) in [6.07, 6.45) is 3.52. The van der Waals surface area contributed by atoms with Gasteiger partial charge in [-0.05, 0) is 13.0 Å². The van der Waals surface area contributed by atoms with Gasteiger partial charge in [0.1, 0.15) is 24.0 Å². The van der Waals surface area contributed by atoms with Crippen LogP contribution in [0.15, 0.2) is 30.6 Å².